The van der Waals surface area contributed by atoms with Crippen molar-refractivity contribution in [2.24, 2.45) is 0 Å². The number of H-pyrrole nitrogens is 1. The summed E-state index contributed by atoms with van der Waals surface area (Å²) in [6.07, 6.45) is 1.50. The molecule has 74 valence electrons. The van der Waals surface area contributed by atoms with E-state index >= 15 is 0 Å². The summed E-state index contributed by atoms with van der Waals surface area (Å²) in [4.78, 5) is 15.5. The Morgan fingerprint density at radius 2 is 2.33 bits per heavy atom. The standard InChI is InChI=1S/C10H8N4O/c1-7-4-10(15)14(13-7)9-5-8(6-11)2-3-12-9/h2-5,13H,1H3. The lowest BCUT2D eigenvalue weighted by atomic mass is 10.3. The third kappa shape index (κ3) is 1.65. The van der Waals surface area contributed by atoms with E-state index in [1.807, 2.05) is 6.07 Å². The van der Waals surface area contributed by atoms with Gasteiger partial charge in [0.05, 0.1) is 11.6 Å². The van der Waals surface area contributed by atoms with E-state index in [1.165, 1.54) is 16.9 Å². The SMILES string of the molecule is Cc1cc(=O)n(-c2cc(C#N)ccn2)[nH]1. The van der Waals surface area contributed by atoms with Crippen molar-refractivity contribution >= 4 is 0 Å². The molecule has 0 radical (unpaired) electrons. The van der Waals surface area contributed by atoms with Crippen LogP contribution in [0.2, 0.25) is 0 Å². The summed E-state index contributed by atoms with van der Waals surface area (Å²) in [5.41, 5.74) is 1.04. The van der Waals surface area contributed by atoms with Crippen molar-refractivity contribution in [3.8, 4) is 11.9 Å². The zero-order chi connectivity index (χ0) is 10.8. The van der Waals surface area contributed by atoms with E-state index in [4.69, 9.17) is 5.26 Å². The fourth-order valence-corrected chi connectivity index (χ4v) is 1.29. The molecule has 0 atom stereocenters. The fraction of sp³-hybridized carbons (Fsp3) is 0.100. The van der Waals surface area contributed by atoms with Gasteiger partial charge < -0.3 is 0 Å². The maximum Gasteiger partial charge on any atom is 0.272 e. The van der Waals surface area contributed by atoms with Crippen LogP contribution < -0.4 is 5.56 Å². The maximum atomic E-state index is 11.4. The van der Waals surface area contributed by atoms with E-state index in [-0.39, 0.29) is 5.56 Å². The molecule has 0 aliphatic heterocycles. The van der Waals surface area contributed by atoms with Crippen molar-refractivity contribution < 1.29 is 0 Å². The molecule has 0 saturated heterocycles. The maximum absolute atomic E-state index is 11.4. The summed E-state index contributed by atoms with van der Waals surface area (Å²) < 4.78 is 1.30. The minimum atomic E-state index is -0.185. The number of hydrogen-bond donors (Lipinski definition) is 1. The van der Waals surface area contributed by atoms with Gasteiger partial charge in [-0.1, -0.05) is 0 Å². The Morgan fingerprint density at radius 1 is 1.53 bits per heavy atom. The first-order chi connectivity index (χ1) is 7.20. The number of nitriles is 1. The van der Waals surface area contributed by atoms with E-state index in [1.54, 1.807) is 19.1 Å². The number of aromatic nitrogens is 3. The van der Waals surface area contributed by atoms with Crippen LogP contribution in [0.15, 0.2) is 29.2 Å². The van der Waals surface area contributed by atoms with Gasteiger partial charge in [-0.25, -0.2) is 9.67 Å². The first-order valence-corrected chi connectivity index (χ1v) is 4.36. The number of nitrogens with zero attached hydrogens (tertiary/aromatic N) is 3. The summed E-state index contributed by atoms with van der Waals surface area (Å²) in [5, 5.41) is 11.6. The van der Waals surface area contributed by atoms with Gasteiger partial charge in [-0.15, -0.1) is 0 Å². The van der Waals surface area contributed by atoms with Crippen LogP contribution >= 0.6 is 0 Å². The van der Waals surface area contributed by atoms with Crippen LogP contribution in [0.5, 0.6) is 0 Å². The second kappa shape index (κ2) is 3.42. The number of hydrogen-bond acceptors (Lipinski definition) is 3. The molecule has 5 nitrogen and oxygen atoms in total. The van der Waals surface area contributed by atoms with Gasteiger partial charge in [-0.05, 0) is 13.0 Å². The minimum Gasteiger partial charge on any atom is -0.294 e. The molecule has 1 N–H and O–H groups in total. The molecule has 0 spiro atoms. The molecule has 2 aromatic heterocycles. The smallest absolute Gasteiger partial charge is 0.272 e. The Hall–Kier alpha value is -2.35. The van der Waals surface area contributed by atoms with Crippen LogP contribution in [0.3, 0.4) is 0 Å². The number of aromatic amines is 1. The van der Waals surface area contributed by atoms with E-state index in [2.05, 4.69) is 10.1 Å². The predicted octanol–water partition coefficient (Wildman–Crippen LogP) is 0.741. The number of nitrogens with one attached hydrogen (secondary N) is 1. The molecule has 2 aromatic rings. The van der Waals surface area contributed by atoms with Crippen LogP contribution in [0, 0.1) is 18.3 Å². The molecule has 0 aliphatic rings. The first-order valence-electron chi connectivity index (χ1n) is 4.36. The summed E-state index contributed by atoms with van der Waals surface area (Å²) in [6, 6.07) is 6.61. The third-order valence-electron chi connectivity index (χ3n) is 1.95. The highest BCUT2D eigenvalue weighted by Crippen LogP contribution is 2.03. The molecular weight excluding hydrogens is 192 g/mol. The van der Waals surface area contributed by atoms with Crippen LogP contribution in [0.4, 0.5) is 0 Å². The molecule has 0 aliphatic carbocycles. The zero-order valence-corrected chi connectivity index (χ0v) is 8.06. The van der Waals surface area contributed by atoms with Gasteiger partial charge in [0.15, 0.2) is 5.82 Å². The van der Waals surface area contributed by atoms with Crippen LogP contribution in [0.1, 0.15) is 11.3 Å². The highest BCUT2D eigenvalue weighted by atomic mass is 16.1. The molecule has 2 rings (SSSR count). The molecule has 5 heteroatoms. The van der Waals surface area contributed by atoms with Crippen LogP contribution in [-0.2, 0) is 0 Å². The monoisotopic (exact) mass is 200 g/mol. The highest BCUT2D eigenvalue weighted by Gasteiger charge is 2.04. The Kier molecular flexibility index (Phi) is 2.10. The Balaban J connectivity index is 2.60. The second-order valence-electron chi connectivity index (χ2n) is 3.13. The normalized spacial score (nSPS) is 9.87. The Bertz CT molecular complexity index is 588. The average molecular weight is 200 g/mol. The van der Waals surface area contributed by atoms with Crippen molar-refractivity contribution in [1.29, 1.82) is 5.26 Å². The molecule has 15 heavy (non-hydrogen) atoms. The minimum absolute atomic E-state index is 0.185. The molecule has 0 amide bonds. The van der Waals surface area contributed by atoms with Crippen molar-refractivity contribution in [3.63, 3.8) is 0 Å². The number of aryl methyl sites for hydroxylation is 1. The lowest BCUT2D eigenvalue weighted by Crippen LogP contribution is -2.14. The summed E-state index contributed by atoms with van der Waals surface area (Å²) >= 11 is 0. The molecule has 2 heterocycles. The van der Waals surface area contributed by atoms with Gasteiger partial charge in [0, 0.05) is 24.0 Å². The van der Waals surface area contributed by atoms with Gasteiger partial charge in [0.1, 0.15) is 0 Å². The van der Waals surface area contributed by atoms with Crippen molar-refractivity contribution in [1.82, 2.24) is 14.8 Å². The van der Waals surface area contributed by atoms with E-state index in [9.17, 15) is 4.79 Å². The summed E-state index contributed by atoms with van der Waals surface area (Å²) in [7, 11) is 0. The average Bonchev–Trinajstić information content (AvgIpc) is 2.58. The van der Waals surface area contributed by atoms with Gasteiger partial charge in [-0.2, -0.15) is 5.26 Å². The van der Waals surface area contributed by atoms with E-state index < -0.39 is 0 Å². The molecule has 0 bridgehead atoms. The van der Waals surface area contributed by atoms with Gasteiger partial charge >= 0.3 is 0 Å². The zero-order valence-electron chi connectivity index (χ0n) is 8.06. The van der Waals surface area contributed by atoms with Crippen molar-refractivity contribution in [3.05, 3.63) is 46.0 Å². The first kappa shape index (κ1) is 9.21. The number of rotatable bonds is 1. The van der Waals surface area contributed by atoms with Crippen molar-refractivity contribution in [2.45, 2.75) is 6.92 Å². The Morgan fingerprint density at radius 3 is 2.93 bits per heavy atom. The quantitative estimate of drug-likeness (QED) is 0.737. The third-order valence-corrected chi connectivity index (χ3v) is 1.95. The van der Waals surface area contributed by atoms with Crippen molar-refractivity contribution in [2.75, 3.05) is 0 Å². The lowest BCUT2D eigenvalue weighted by molar-refractivity contribution is 0.806. The molecule has 0 saturated carbocycles. The van der Waals surface area contributed by atoms with Gasteiger partial charge in [-0.3, -0.25) is 9.89 Å². The van der Waals surface area contributed by atoms with Crippen LogP contribution in [0.25, 0.3) is 5.82 Å². The molecule has 0 fully saturated rings. The predicted molar refractivity (Wildman–Crippen MR) is 53.6 cm³/mol. The van der Waals surface area contributed by atoms with E-state index in [0.29, 0.717) is 11.4 Å². The van der Waals surface area contributed by atoms with E-state index in [0.717, 1.165) is 5.69 Å². The van der Waals surface area contributed by atoms with Gasteiger partial charge in [0.25, 0.3) is 5.56 Å². The molecule has 0 aromatic carbocycles. The lowest BCUT2D eigenvalue weighted by Gasteiger charge is -1.99. The molecule has 0 unspecified atom stereocenters. The highest BCUT2D eigenvalue weighted by molar-refractivity contribution is 5.34. The summed E-state index contributed by atoms with van der Waals surface area (Å²) in [5.74, 6) is 0.423. The second-order valence-corrected chi connectivity index (χ2v) is 3.13. The fourth-order valence-electron chi connectivity index (χ4n) is 1.29. The summed E-state index contributed by atoms with van der Waals surface area (Å²) in [6.45, 7) is 1.78. The topological polar surface area (TPSA) is 74.5 Å². The molecular formula is C10H8N4O. The van der Waals surface area contributed by atoms with Gasteiger partial charge in [0.2, 0.25) is 0 Å². The van der Waals surface area contributed by atoms with Crippen LogP contribution in [-0.4, -0.2) is 14.8 Å². The largest absolute Gasteiger partial charge is 0.294 e. The Labute approximate surface area is 85.6 Å². The number of pyridine rings is 1.